The topological polar surface area (TPSA) is 87.1 Å². The molecule has 0 saturated carbocycles. The molecule has 0 saturated heterocycles. The highest BCUT2D eigenvalue weighted by Crippen LogP contribution is 2.18. The van der Waals surface area contributed by atoms with E-state index < -0.39 is 30.3 Å². The molecule has 0 aliphatic carbocycles. The number of aliphatic hydroxyl groups excluding tert-OH is 1. The maximum Gasteiger partial charge on any atom is 0.408 e. The van der Waals surface area contributed by atoms with E-state index in [2.05, 4.69) is 0 Å². The van der Waals surface area contributed by atoms with E-state index in [9.17, 15) is 19.8 Å². The Hall–Kier alpha value is -2.08. The summed E-state index contributed by atoms with van der Waals surface area (Å²) in [5.41, 5.74) is -0.0365. The summed E-state index contributed by atoms with van der Waals surface area (Å²) in [5.74, 6) is -0.765. The highest BCUT2D eigenvalue weighted by Gasteiger charge is 2.38. The fraction of sp³-hybridized carbons (Fsp3) is 0.467. The van der Waals surface area contributed by atoms with Crippen LogP contribution in [0.3, 0.4) is 0 Å². The molecule has 6 nitrogen and oxygen atoms in total. The van der Waals surface area contributed by atoms with Crippen molar-refractivity contribution in [1.29, 1.82) is 0 Å². The predicted octanol–water partition coefficient (Wildman–Crippen LogP) is 1.87. The average Bonchev–Trinajstić information content (AvgIpc) is 2.41. The van der Waals surface area contributed by atoms with Crippen molar-refractivity contribution >= 4 is 12.1 Å². The Morgan fingerprint density at radius 2 is 1.81 bits per heavy atom. The highest BCUT2D eigenvalue weighted by molar-refractivity contribution is 5.81. The second-order valence-corrected chi connectivity index (χ2v) is 5.62. The van der Waals surface area contributed by atoms with Crippen molar-refractivity contribution in [3.8, 4) is 0 Å². The first kappa shape index (κ1) is 17.0. The van der Waals surface area contributed by atoms with E-state index in [1.807, 2.05) is 18.2 Å². The van der Waals surface area contributed by atoms with Gasteiger partial charge in [-0.15, -0.1) is 0 Å². The Morgan fingerprint density at radius 3 is 2.24 bits per heavy atom. The molecular formula is C15H21NO5. The van der Waals surface area contributed by atoms with Crippen LogP contribution in [0.4, 0.5) is 4.79 Å². The molecule has 0 spiro atoms. The van der Waals surface area contributed by atoms with Gasteiger partial charge in [0.05, 0.1) is 6.61 Å². The van der Waals surface area contributed by atoms with E-state index in [0.29, 0.717) is 0 Å². The van der Waals surface area contributed by atoms with Crippen LogP contribution < -0.4 is 0 Å². The summed E-state index contributed by atoms with van der Waals surface area (Å²) in [6.07, 6.45) is -1.28. The van der Waals surface area contributed by atoms with Crippen LogP contribution in [0.25, 0.3) is 0 Å². The van der Waals surface area contributed by atoms with E-state index in [1.54, 1.807) is 32.9 Å². The number of carbonyl (C=O) groups is 2. The van der Waals surface area contributed by atoms with Crippen LogP contribution >= 0.6 is 0 Å². The largest absolute Gasteiger partial charge is 0.465 e. The molecule has 116 valence electrons. The number of carboxylic acid groups (broad SMARTS) is 1. The number of nitrogens with zero attached hydrogens (tertiary/aromatic N) is 1. The summed E-state index contributed by atoms with van der Waals surface area (Å²) >= 11 is 0. The van der Waals surface area contributed by atoms with Gasteiger partial charge in [-0.25, -0.2) is 9.59 Å². The molecular weight excluding hydrogens is 274 g/mol. The Bertz CT molecular complexity index is 481. The molecule has 0 heterocycles. The first-order chi connectivity index (χ1) is 9.77. The van der Waals surface area contributed by atoms with Gasteiger partial charge in [0.25, 0.3) is 0 Å². The third-order valence-corrected chi connectivity index (χ3v) is 2.91. The molecule has 21 heavy (non-hydrogen) atoms. The summed E-state index contributed by atoms with van der Waals surface area (Å²) in [7, 11) is 0. The van der Waals surface area contributed by atoms with Crippen LogP contribution in [0.1, 0.15) is 26.3 Å². The lowest BCUT2D eigenvalue weighted by Gasteiger charge is -2.37. The molecule has 0 radical (unpaired) electrons. The normalized spacial score (nSPS) is 12.6. The monoisotopic (exact) mass is 295 g/mol. The molecule has 0 fully saturated rings. The molecule has 1 aromatic rings. The second kappa shape index (κ2) is 7.08. The van der Waals surface area contributed by atoms with Crippen molar-refractivity contribution in [3.63, 3.8) is 0 Å². The van der Waals surface area contributed by atoms with Crippen molar-refractivity contribution in [1.82, 2.24) is 4.90 Å². The summed E-state index contributed by atoms with van der Waals surface area (Å²) < 4.78 is 5.10. The lowest BCUT2D eigenvalue weighted by Crippen LogP contribution is -2.56. The van der Waals surface area contributed by atoms with Gasteiger partial charge in [-0.3, -0.25) is 4.90 Å². The Kier molecular flexibility index (Phi) is 5.72. The Balaban J connectivity index is 2.78. The zero-order valence-corrected chi connectivity index (χ0v) is 12.4. The summed E-state index contributed by atoms with van der Waals surface area (Å²) in [6.45, 7) is 4.35. The zero-order valence-electron chi connectivity index (χ0n) is 12.4. The number of carbonyl (C=O) groups excluding carboxylic acids is 1. The highest BCUT2D eigenvalue weighted by atomic mass is 16.5. The summed E-state index contributed by atoms with van der Waals surface area (Å²) in [5, 5.41) is 18.6. The predicted molar refractivity (Wildman–Crippen MR) is 76.7 cm³/mol. The van der Waals surface area contributed by atoms with Gasteiger partial charge in [0.15, 0.2) is 6.04 Å². The molecule has 2 N–H and O–H groups in total. The van der Waals surface area contributed by atoms with Crippen LogP contribution in [0.5, 0.6) is 0 Å². The van der Waals surface area contributed by atoms with Crippen molar-refractivity contribution in [2.75, 3.05) is 6.61 Å². The fourth-order valence-electron chi connectivity index (χ4n) is 1.97. The number of ether oxygens (including phenoxy) is 1. The summed E-state index contributed by atoms with van der Waals surface area (Å²) in [4.78, 5) is 24.3. The number of hydrogen-bond donors (Lipinski definition) is 2. The van der Waals surface area contributed by atoms with Gasteiger partial charge in [0, 0.05) is 5.54 Å². The number of esters is 1. The van der Waals surface area contributed by atoms with Gasteiger partial charge in [-0.05, 0) is 26.3 Å². The molecule has 0 aliphatic heterocycles. The third kappa shape index (κ3) is 4.75. The first-order valence-corrected chi connectivity index (χ1v) is 6.61. The summed E-state index contributed by atoms with van der Waals surface area (Å²) in [6, 6.07) is 7.80. The van der Waals surface area contributed by atoms with Gasteiger partial charge in [-0.1, -0.05) is 30.3 Å². The maximum absolute atomic E-state index is 12.1. The minimum atomic E-state index is -1.28. The van der Waals surface area contributed by atoms with Crippen LogP contribution in [-0.4, -0.2) is 45.4 Å². The van der Waals surface area contributed by atoms with Crippen LogP contribution in [-0.2, 0) is 16.1 Å². The van der Waals surface area contributed by atoms with Crippen molar-refractivity contribution in [3.05, 3.63) is 35.9 Å². The Labute approximate surface area is 124 Å². The molecule has 0 aliphatic rings. The quantitative estimate of drug-likeness (QED) is 0.810. The van der Waals surface area contributed by atoms with Gasteiger partial charge >= 0.3 is 12.1 Å². The minimum absolute atomic E-state index is 0.0355. The number of amides is 1. The van der Waals surface area contributed by atoms with Crippen molar-refractivity contribution in [2.24, 2.45) is 0 Å². The minimum Gasteiger partial charge on any atom is -0.465 e. The lowest BCUT2D eigenvalue weighted by atomic mass is 10.0. The number of rotatable bonds is 5. The van der Waals surface area contributed by atoms with Gasteiger partial charge < -0.3 is 14.9 Å². The SMILES string of the molecule is CC(C)(C)N(C(=O)O)[C@@H](CO)C(=O)OCc1ccccc1. The zero-order chi connectivity index (χ0) is 16.0. The van der Waals surface area contributed by atoms with Crippen LogP contribution in [0.15, 0.2) is 30.3 Å². The van der Waals surface area contributed by atoms with Gasteiger partial charge in [0.1, 0.15) is 6.61 Å². The standard InChI is InChI=1S/C15H21NO5/c1-15(2,3)16(14(19)20)12(9-17)13(18)21-10-11-7-5-4-6-8-11/h4-8,12,17H,9-10H2,1-3H3,(H,19,20)/t12-/m0/s1. The molecule has 0 unspecified atom stereocenters. The molecule has 1 amide bonds. The van der Waals surface area contributed by atoms with E-state index in [0.717, 1.165) is 10.5 Å². The number of hydrogen-bond acceptors (Lipinski definition) is 4. The lowest BCUT2D eigenvalue weighted by molar-refractivity contribution is -0.154. The maximum atomic E-state index is 12.1. The third-order valence-electron chi connectivity index (χ3n) is 2.91. The van der Waals surface area contributed by atoms with E-state index in [4.69, 9.17) is 4.74 Å². The van der Waals surface area contributed by atoms with Crippen molar-refractivity contribution in [2.45, 2.75) is 39.0 Å². The molecule has 0 aromatic heterocycles. The fourth-order valence-corrected chi connectivity index (χ4v) is 1.97. The van der Waals surface area contributed by atoms with E-state index in [-0.39, 0.29) is 6.61 Å². The smallest absolute Gasteiger partial charge is 0.408 e. The molecule has 0 bridgehead atoms. The first-order valence-electron chi connectivity index (χ1n) is 6.61. The van der Waals surface area contributed by atoms with Gasteiger partial charge in [0.2, 0.25) is 0 Å². The van der Waals surface area contributed by atoms with Crippen molar-refractivity contribution < 1.29 is 24.5 Å². The molecule has 1 aromatic carbocycles. The van der Waals surface area contributed by atoms with E-state index >= 15 is 0 Å². The molecule has 1 rings (SSSR count). The Morgan fingerprint density at radius 1 is 1.24 bits per heavy atom. The second-order valence-electron chi connectivity index (χ2n) is 5.62. The number of benzene rings is 1. The van der Waals surface area contributed by atoms with Gasteiger partial charge in [-0.2, -0.15) is 0 Å². The van der Waals surface area contributed by atoms with Crippen LogP contribution in [0.2, 0.25) is 0 Å². The molecule has 6 heteroatoms. The van der Waals surface area contributed by atoms with E-state index in [1.165, 1.54) is 0 Å². The average molecular weight is 295 g/mol. The molecule has 1 atom stereocenters. The number of aliphatic hydroxyl groups is 1. The van der Waals surface area contributed by atoms with Crippen LogP contribution in [0, 0.1) is 0 Å².